The lowest BCUT2D eigenvalue weighted by atomic mass is 10.1. The van der Waals surface area contributed by atoms with E-state index in [2.05, 4.69) is 5.32 Å². The molecule has 1 saturated heterocycles. The summed E-state index contributed by atoms with van der Waals surface area (Å²) in [6.07, 6.45) is 2.72. The molecule has 0 saturated carbocycles. The fraction of sp³-hybridized carbons (Fsp3) is 0.350. The van der Waals surface area contributed by atoms with E-state index in [-0.39, 0.29) is 20.4 Å². The number of amides is 1. The molecule has 0 aliphatic carbocycles. The van der Waals surface area contributed by atoms with Crippen molar-refractivity contribution in [3.8, 4) is 0 Å². The van der Waals surface area contributed by atoms with Crippen molar-refractivity contribution in [2.75, 3.05) is 19.3 Å². The third kappa shape index (κ3) is 4.85. The summed E-state index contributed by atoms with van der Waals surface area (Å²) in [6, 6.07) is 9.99. The zero-order chi connectivity index (χ0) is 22.1. The van der Waals surface area contributed by atoms with E-state index < -0.39 is 31.8 Å². The Hall–Kier alpha value is -1.94. The van der Waals surface area contributed by atoms with Crippen molar-refractivity contribution in [3.63, 3.8) is 0 Å². The first-order chi connectivity index (χ1) is 14.0. The summed E-state index contributed by atoms with van der Waals surface area (Å²) < 4.78 is 50.2. The first kappa shape index (κ1) is 22.7. The zero-order valence-corrected chi connectivity index (χ0v) is 19.0. The Morgan fingerprint density at radius 1 is 1.03 bits per heavy atom. The maximum absolute atomic E-state index is 12.8. The van der Waals surface area contributed by atoms with Gasteiger partial charge in [-0.05, 0) is 55.7 Å². The summed E-state index contributed by atoms with van der Waals surface area (Å²) >= 11 is 6.13. The second-order valence-corrected chi connectivity index (χ2v) is 11.6. The van der Waals surface area contributed by atoms with Crippen molar-refractivity contribution in [2.24, 2.45) is 0 Å². The molecule has 30 heavy (non-hydrogen) atoms. The molecule has 2 aromatic carbocycles. The van der Waals surface area contributed by atoms with E-state index in [9.17, 15) is 21.6 Å². The molecule has 1 aliphatic heterocycles. The molecule has 1 amide bonds. The molecule has 3 rings (SSSR count). The molecule has 2 aromatic rings. The molecule has 162 valence electrons. The van der Waals surface area contributed by atoms with Gasteiger partial charge in [-0.15, -0.1) is 0 Å². The first-order valence-electron chi connectivity index (χ1n) is 9.41. The summed E-state index contributed by atoms with van der Waals surface area (Å²) in [4.78, 5) is 12.8. The quantitative estimate of drug-likeness (QED) is 0.699. The Morgan fingerprint density at radius 2 is 1.63 bits per heavy atom. The number of halogens is 1. The Bertz CT molecular complexity index is 1160. The molecule has 1 N–H and O–H groups in total. The topological polar surface area (TPSA) is 101 Å². The number of sulfonamides is 1. The number of hydrogen-bond donors (Lipinski definition) is 1. The first-order valence-corrected chi connectivity index (χ1v) is 13.1. The highest BCUT2D eigenvalue weighted by atomic mass is 35.5. The highest BCUT2D eigenvalue weighted by Gasteiger charge is 2.30. The summed E-state index contributed by atoms with van der Waals surface area (Å²) in [7, 11) is -7.06. The smallest absolute Gasteiger partial charge is 0.251 e. The van der Waals surface area contributed by atoms with E-state index in [4.69, 9.17) is 11.6 Å². The van der Waals surface area contributed by atoms with Crippen LogP contribution in [0.1, 0.15) is 41.7 Å². The summed E-state index contributed by atoms with van der Waals surface area (Å²) in [5.74, 6) is -0.454. The molecule has 0 bridgehead atoms. The van der Waals surface area contributed by atoms with E-state index in [1.807, 2.05) is 0 Å². The molecule has 10 heteroatoms. The summed E-state index contributed by atoms with van der Waals surface area (Å²) in [5, 5.41) is 2.87. The molecule has 0 aromatic heterocycles. The number of nitrogens with zero attached hydrogens (tertiary/aromatic N) is 1. The van der Waals surface area contributed by atoms with Crippen LogP contribution in [0.4, 0.5) is 0 Å². The standard InChI is InChI=1S/C20H23ClN2O5S2/c1-14(15-5-8-17(9-6-15)29(2,25)26)22-20(24)16-7-10-18(21)19(13-16)30(27,28)23-11-3-4-12-23/h5-10,13-14H,3-4,11-12H2,1-2H3,(H,22,24)/t14-/m1/s1. The predicted molar refractivity (Wildman–Crippen MR) is 115 cm³/mol. The third-order valence-electron chi connectivity index (χ3n) is 5.03. The number of carbonyl (C=O) groups is 1. The van der Waals surface area contributed by atoms with E-state index in [0.29, 0.717) is 13.1 Å². The lowest BCUT2D eigenvalue weighted by Gasteiger charge is -2.18. The van der Waals surface area contributed by atoms with Gasteiger partial charge >= 0.3 is 0 Å². The van der Waals surface area contributed by atoms with Gasteiger partial charge in [0.25, 0.3) is 5.91 Å². The second kappa shape index (κ2) is 8.66. The van der Waals surface area contributed by atoms with Gasteiger partial charge in [0.2, 0.25) is 10.0 Å². The number of sulfone groups is 1. The summed E-state index contributed by atoms with van der Waals surface area (Å²) in [6.45, 7) is 2.64. The summed E-state index contributed by atoms with van der Waals surface area (Å²) in [5.41, 5.74) is 0.895. The third-order valence-corrected chi connectivity index (χ3v) is 8.54. The Morgan fingerprint density at radius 3 is 2.20 bits per heavy atom. The van der Waals surface area contributed by atoms with Crippen molar-refractivity contribution >= 4 is 37.4 Å². The predicted octanol–water partition coefficient (Wildman–Crippen LogP) is 3.02. The van der Waals surface area contributed by atoms with Crippen molar-refractivity contribution < 1.29 is 21.6 Å². The minimum Gasteiger partial charge on any atom is -0.346 e. The minimum absolute atomic E-state index is 0.0721. The van der Waals surface area contributed by atoms with Gasteiger partial charge in [-0.2, -0.15) is 4.31 Å². The van der Waals surface area contributed by atoms with Crippen LogP contribution in [-0.2, 0) is 19.9 Å². The number of benzene rings is 2. The molecular weight excluding hydrogens is 448 g/mol. The van der Waals surface area contributed by atoms with Gasteiger partial charge in [-0.3, -0.25) is 4.79 Å². The molecule has 1 fully saturated rings. The van der Waals surface area contributed by atoms with Gasteiger partial charge in [0.05, 0.1) is 16.0 Å². The van der Waals surface area contributed by atoms with E-state index >= 15 is 0 Å². The van der Waals surface area contributed by atoms with Gasteiger partial charge in [-0.1, -0.05) is 23.7 Å². The number of hydrogen-bond acceptors (Lipinski definition) is 5. The van der Waals surface area contributed by atoms with Crippen LogP contribution in [-0.4, -0.2) is 46.4 Å². The van der Waals surface area contributed by atoms with Crippen LogP contribution in [0.2, 0.25) is 5.02 Å². The van der Waals surface area contributed by atoms with Gasteiger partial charge in [0.15, 0.2) is 9.84 Å². The largest absolute Gasteiger partial charge is 0.346 e. The average Bonchev–Trinajstić information content (AvgIpc) is 3.23. The molecular formula is C20H23ClN2O5S2. The van der Waals surface area contributed by atoms with Crippen LogP contribution in [0.5, 0.6) is 0 Å². The molecule has 1 aliphatic rings. The number of carbonyl (C=O) groups excluding carboxylic acids is 1. The molecule has 1 atom stereocenters. The average molecular weight is 471 g/mol. The van der Waals surface area contributed by atoms with E-state index in [1.54, 1.807) is 19.1 Å². The maximum atomic E-state index is 12.8. The number of rotatable bonds is 6. The van der Waals surface area contributed by atoms with Crippen LogP contribution in [0.15, 0.2) is 52.3 Å². The van der Waals surface area contributed by atoms with Crippen LogP contribution in [0.3, 0.4) is 0 Å². The van der Waals surface area contributed by atoms with Crippen molar-refractivity contribution in [2.45, 2.75) is 35.6 Å². The zero-order valence-electron chi connectivity index (χ0n) is 16.6. The highest BCUT2D eigenvalue weighted by molar-refractivity contribution is 7.90. The molecule has 0 spiro atoms. The Kier molecular flexibility index (Phi) is 6.57. The van der Waals surface area contributed by atoms with Gasteiger partial charge < -0.3 is 5.32 Å². The lowest BCUT2D eigenvalue weighted by Crippen LogP contribution is -2.29. The fourth-order valence-corrected chi connectivity index (χ4v) is 5.92. The Balaban J connectivity index is 1.80. The van der Waals surface area contributed by atoms with Crippen molar-refractivity contribution in [1.29, 1.82) is 0 Å². The van der Waals surface area contributed by atoms with Gasteiger partial charge in [0.1, 0.15) is 4.90 Å². The van der Waals surface area contributed by atoms with Crippen molar-refractivity contribution in [3.05, 3.63) is 58.6 Å². The van der Waals surface area contributed by atoms with E-state index in [0.717, 1.165) is 24.7 Å². The molecule has 0 radical (unpaired) electrons. The monoisotopic (exact) mass is 470 g/mol. The maximum Gasteiger partial charge on any atom is 0.251 e. The molecule has 1 heterocycles. The highest BCUT2D eigenvalue weighted by Crippen LogP contribution is 2.28. The normalized spacial score (nSPS) is 16.4. The van der Waals surface area contributed by atoms with Gasteiger partial charge in [0, 0.05) is 24.9 Å². The van der Waals surface area contributed by atoms with Crippen molar-refractivity contribution in [1.82, 2.24) is 9.62 Å². The van der Waals surface area contributed by atoms with Gasteiger partial charge in [-0.25, -0.2) is 16.8 Å². The van der Waals surface area contributed by atoms with Crippen LogP contribution < -0.4 is 5.32 Å². The minimum atomic E-state index is -3.76. The number of nitrogens with one attached hydrogen (secondary N) is 1. The molecule has 7 nitrogen and oxygen atoms in total. The van der Waals surface area contributed by atoms with Crippen LogP contribution in [0.25, 0.3) is 0 Å². The van der Waals surface area contributed by atoms with E-state index in [1.165, 1.54) is 34.6 Å². The lowest BCUT2D eigenvalue weighted by molar-refractivity contribution is 0.0939. The van der Waals surface area contributed by atoms with Crippen LogP contribution in [0, 0.1) is 0 Å². The fourth-order valence-electron chi connectivity index (χ4n) is 3.28. The van der Waals surface area contributed by atoms with Crippen LogP contribution >= 0.6 is 11.6 Å². The SMILES string of the molecule is C[C@@H](NC(=O)c1ccc(Cl)c(S(=O)(=O)N2CCCC2)c1)c1ccc(S(C)(=O)=O)cc1. The second-order valence-electron chi connectivity index (χ2n) is 7.29. The molecule has 0 unspecified atom stereocenters. The Labute approximate surface area is 182 Å².